The molecule has 62 valence electrons. The molecule has 0 amide bonds. The molecular formula is C5H11NaO4S. The van der Waals surface area contributed by atoms with Crippen molar-refractivity contribution in [3.05, 3.63) is 0 Å². The summed E-state index contributed by atoms with van der Waals surface area (Å²) in [4.78, 5) is 10.6. The molecule has 0 aromatic carbocycles. The monoisotopic (exact) mass is 190 g/mol. The summed E-state index contributed by atoms with van der Waals surface area (Å²) < 4.78 is 22.8. The van der Waals surface area contributed by atoms with E-state index in [0.717, 1.165) is 0 Å². The van der Waals surface area contributed by atoms with E-state index in [1.54, 1.807) is 6.92 Å². The molecule has 0 aliphatic carbocycles. The van der Waals surface area contributed by atoms with Crippen LogP contribution in [0.2, 0.25) is 0 Å². The van der Waals surface area contributed by atoms with Gasteiger partial charge in [0.05, 0.1) is 18.8 Å². The van der Waals surface area contributed by atoms with Crippen LogP contribution >= 0.6 is 0 Å². The maximum absolute atomic E-state index is 10.6. The number of carbonyl (C=O) groups excluding carboxylic acids is 1. The molecule has 2 unspecified atom stereocenters. The number of rotatable bonds is 3. The van der Waals surface area contributed by atoms with Crippen LogP contribution in [-0.2, 0) is 20.6 Å². The van der Waals surface area contributed by atoms with Gasteiger partial charge in [-0.15, -0.1) is 0 Å². The van der Waals surface area contributed by atoms with Crippen LogP contribution < -0.4 is 0 Å². The van der Waals surface area contributed by atoms with Crippen molar-refractivity contribution in [3.8, 4) is 0 Å². The summed E-state index contributed by atoms with van der Waals surface area (Å²) in [5.41, 5.74) is 0. The molecule has 0 saturated carbocycles. The molecule has 0 spiro atoms. The van der Waals surface area contributed by atoms with Gasteiger partial charge in [-0.05, 0) is 0 Å². The fourth-order valence-corrected chi connectivity index (χ4v) is 1.05. The molecule has 1 N–H and O–H groups in total. The van der Waals surface area contributed by atoms with Crippen molar-refractivity contribution in [1.82, 2.24) is 0 Å². The first-order chi connectivity index (χ1) is 4.57. The summed E-state index contributed by atoms with van der Waals surface area (Å²) >= 11 is -1.92. The maximum atomic E-state index is 10.6. The van der Waals surface area contributed by atoms with Crippen molar-refractivity contribution >= 4 is 46.6 Å². The van der Waals surface area contributed by atoms with Crippen LogP contribution in [0.1, 0.15) is 6.92 Å². The molecule has 2 atom stereocenters. The Bertz CT molecular complexity index is 149. The third-order valence-electron chi connectivity index (χ3n) is 0.996. The van der Waals surface area contributed by atoms with Gasteiger partial charge >= 0.3 is 35.5 Å². The van der Waals surface area contributed by atoms with E-state index in [0.29, 0.717) is 0 Å². The third-order valence-corrected chi connectivity index (χ3v) is 1.78. The summed E-state index contributed by atoms with van der Waals surface area (Å²) in [6.07, 6.45) is 0. The van der Waals surface area contributed by atoms with E-state index < -0.39 is 23.0 Å². The molecule has 0 aromatic heterocycles. The van der Waals surface area contributed by atoms with Crippen LogP contribution in [0.25, 0.3) is 0 Å². The Morgan fingerprint density at radius 1 is 1.73 bits per heavy atom. The molecule has 0 rings (SSSR count). The molecule has 0 saturated heterocycles. The first-order valence-electron chi connectivity index (χ1n) is 2.73. The van der Waals surface area contributed by atoms with Gasteiger partial charge in [-0.1, -0.05) is 6.92 Å². The van der Waals surface area contributed by atoms with Gasteiger partial charge < -0.3 is 9.29 Å². The van der Waals surface area contributed by atoms with Crippen molar-refractivity contribution in [2.45, 2.75) is 6.92 Å². The Morgan fingerprint density at radius 2 is 2.18 bits per heavy atom. The molecule has 0 heterocycles. The Labute approximate surface area is 90.3 Å². The molecular weight excluding hydrogens is 179 g/mol. The van der Waals surface area contributed by atoms with E-state index in [-0.39, 0.29) is 35.3 Å². The zero-order valence-electron chi connectivity index (χ0n) is 5.86. The molecule has 0 radical (unpaired) electrons. The SMILES string of the molecule is COC(=O)C(C)CS(=O)O.[NaH]. The first-order valence-corrected chi connectivity index (χ1v) is 4.00. The average molecular weight is 190 g/mol. The zero-order chi connectivity index (χ0) is 8.15. The van der Waals surface area contributed by atoms with E-state index in [1.807, 2.05) is 0 Å². The van der Waals surface area contributed by atoms with E-state index in [9.17, 15) is 9.00 Å². The number of hydrogen-bond donors (Lipinski definition) is 1. The van der Waals surface area contributed by atoms with Gasteiger partial charge in [-0.2, -0.15) is 0 Å². The fraction of sp³-hybridized carbons (Fsp3) is 0.800. The summed E-state index contributed by atoms with van der Waals surface area (Å²) in [7, 11) is 1.25. The average Bonchev–Trinajstić information content (AvgIpc) is 1.85. The van der Waals surface area contributed by atoms with Gasteiger partial charge in [0.25, 0.3) is 0 Å². The Kier molecular flexibility index (Phi) is 9.30. The molecule has 0 bridgehead atoms. The molecule has 0 aliphatic heterocycles. The molecule has 0 aromatic rings. The predicted molar refractivity (Wildman–Crippen MR) is 44.0 cm³/mol. The Balaban J connectivity index is 0. The van der Waals surface area contributed by atoms with Crippen LogP contribution in [0.15, 0.2) is 0 Å². The van der Waals surface area contributed by atoms with Crippen LogP contribution in [0.3, 0.4) is 0 Å². The standard InChI is InChI=1S/C5H10O4S.Na.H/c1-4(3-10(7)8)5(6)9-2;;/h4H,3H2,1-2H3,(H,7,8);;. The zero-order valence-corrected chi connectivity index (χ0v) is 6.68. The molecule has 4 nitrogen and oxygen atoms in total. The number of methoxy groups -OCH3 is 1. The van der Waals surface area contributed by atoms with Gasteiger partial charge in [0, 0.05) is 0 Å². The Hall–Kier alpha value is 0.580. The number of esters is 1. The van der Waals surface area contributed by atoms with Crippen LogP contribution in [0.4, 0.5) is 0 Å². The number of ether oxygens (including phenoxy) is 1. The van der Waals surface area contributed by atoms with E-state index in [4.69, 9.17) is 4.55 Å². The van der Waals surface area contributed by atoms with Crippen molar-refractivity contribution in [2.24, 2.45) is 5.92 Å². The number of hydrogen-bond acceptors (Lipinski definition) is 3. The molecule has 11 heavy (non-hydrogen) atoms. The molecule has 0 fully saturated rings. The summed E-state index contributed by atoms with van der Waals surface area (Å²) in [5.74, 6) is -1.02. The summed E-state index contributed by atoms with van der Waals surface area (Å²) in [5, 5.41) is 0. The Morgan fingerprint density at radius 3 is 2.45 bits per heavy atom. The van der Waals surface area contributed by atoms with Gasteiger partial charge in [0.15, 0.2) is 11.1 Å². The predicted octanol–water partition coefficient (Wildman–Crippen LogP) is -0.631. The van der Waals surface area contributed by atoms with E-state index >= 15 is 0 Å². The quantitative estimate of drug-likeness (QED) is 0.365. The van der Waals surface area contributed by atoms with Crippen molar-refractivity contribution in [1.29, 1.82) is 0 Å². The van der Waals surface area contributed by atoms with Crippen molar-refractivity contribution < 1.29 is 18.3 Å². The van der Waals surface area contributed by atoms with Gasteiger partial charge in [0.2, 0.25) is 0 Å². The first kappa shape index (κ1) is 14.1. The second-order valence-corrected chi connectivity index (χ2v) is 2.89. The minimum atomic E-state index is -1.92. The summed E-state index contributed by atoms with van der Waals surface area (Å²) in [6, 6.07) is 0. The number of carbonyl (C=O) groups is 1. The minimum absolute atomic E-state index is 0. The van der Waals surface area contributed by atoms with Crippen molar-refractivity contribution in [2.75, 3.05) is 12.9 Å². The van der Waals surface area contributed by atoms with Gasteiger partial charge in [-0.25, -0.2) is 4.21 Å². The van der Waals surface area contributed by atoms with Crippen LogP contribution in [0.5, 0.6) is 0 Å². The fourth-order valence-electron chi connectivity index (χ4n) is 0.483. The van der Waals surface area contributed by atoms with Crippen LogP contribution in [0, 0.1) is 5.92 Å². The van der Waals surface area contributed by atoms with E-state index in [2.05, 4.69) is 4.74 Å². The van der Waals surface area contributed by atoms with E-state index in [1.165, 1.54) is 7.11 Å². The van der Waals surface area contributed by atoms with Gasteiger partial charge in [0.1, 0.15) is 0 Å². The summed E-state index contributed by atoms with van der Waals surface area (Å²) in [6.45, 7) is 1.54. The van der Waals surface area contributed by atoms with Gasteiger partial charge in [-0.3, -0.25) is 4.79 Å². The van der Waals surface area contributed by atoms with Crippen LogP contribution in [-0.4, -0.2) is 57.2 Å². The second-order valence-electron chi connectivity index (χ2n) is 1.91. The second kappa shape index (κ2) is 7.24. The topological polar surface area (TPSA) is 63.6 Å². The normalized spacial score (nSPS) is 14.5. The molecule has 6 heteroatoms. The third kappa shape index (κ3) is 6.96. The molecule has 0 aliphatic rings. The van der Waals surface area contributed by atoms with Crippen molar-refractivity contribution in [3.63, 3.8) is 0 Å².